The van der Waals surface area contributed by atoms with E-state index in [1.54, 1.807) is 0 Å². The van der Waals surface area contributed by atoms with Crippen molar-refractivity contribution in [2.24, 2.45) is 0 Å². The molecule has 1 aliphatic rings. The van der Waals surface area contributed by atoms with Gasteiger partial charge >= 0.3 is 0 Å². The number of benzene rings is 2. The van der Waals surface area contributed by atoms with Crippen LogP contribution in [0.1, 0.15) is 25.1 Å². The molecule has 1 aliphatic heterocycles. The lowest BCUT2D eigenvalue weighted by atomic mass is 10.1. The van der Waals surface area contributed by atoms with Crippen molar-refractivity contribution in [2.45, 2.75) is 30.2 Å². The molecular weight excluding hydrogens is 434 g/mol. The van der Waals surface area contributed by atoms with Gasteiger partial charge in [-0.15, -0.1) is 10.2 Å². The summed E-state index contributed by atoms with van der Waals surface area (Å²) in [6.45, 7) is 1.99. The van der Waals surface area contributed by atoms with Crippen LogP contribution in [0.4, 0.5) is 23.5 Å². The van der Waals surface area contributed by atoms with E-state index in [4.69, 9.17) is 5.73 Å². The maximum absolute atomic E-state index is 5.95. The van der Waals surface area contributed by atoms with Gasteiger partial charge in [0.15, 0.2) is 5.16 Å². The SMILES string of the molecule is Nc1nc(CSc2nnc(N3CCCCC3)n2-c2ccccc2)nc(Nc2ccccc2)n1. The second-order valence-electron chi connectivity index (χ2n) is 7.71. The van der Waals surface area contributed by atoms with Crippen LogP contribution in [0.5, 0.6) is 0 Å². The minimum Gasteiger partial charge on any atom is -0.368 e. The number of thioether (sulfide) groups is 1. The summed E-state index contributed by atoms with van der Waals surface area (Å²) in [4.78, 5) is 15.4. The number of rotatable bonds is 7. The van der Waals surface area contributed by atoms with Crippen molar-refractivity contribution in [1.29, 1.82) is 0 Å². The molecule has 0 atom stereocenters. The summed E-state index contributed by atoms with van der Waals surface area (Å²) in [5, 5.41) is 13.0. The zero-order valence-electron chi connectivity index (χ0n) is 18.1. The summed E-state index contributed by atoms with van der Waals surface area (Å²) in [6.07, 6.45) is 3.61. The van der Waals surface area contributed by atoms with Crippen molar-refractivity contribution in [2.75, 3.05) is 29.0 Å². The molecule has 2 aromatic heterocycles. The predicted molar refractivity (Wildman–Crippen MR) is 131 cm³/mol. The molecule has 33 heavy (non-hydrogen) atoms. The van der Waals surface area contributed by atoms with E-state index in [9.17, 15) is 0 Å². The number of nitrogens with zero attached hydrogens (tertiary/aromatic N) is 7. The van der Waals surface area contributed by atoms with Gasteiger partial charge in [0, 0.05) is 18.8 Å². The van der Waals surface area contributed by atoms with E-state index >= 15 is 0 Å². The van der Waals surface area contributed by atoms with Gasteiger partial charge in [0.25, 0.3) is 0 Å². The Morgan fingerprint density at radius 2 is 1.58 bits per heavy atom. The van der Waals surface area contributed by atoms with Crippen molar-refractivity contribution >= 4 is 35.3 Å². The number of hydrogen-bond acceptors (Lipinski definition) is 9. The van der Waals surface area contributed by atoms with Gasteiger partial charge in [0.2, 0.25) is 17.8 Å². The maximum Gasteiger partial charge on any atom is 0.232 e. The molecule has 5 rings (SSSR count). The Balaban J connectivity index is 1.39. The van der Waals surface area contributed by atoms with Crippen LogP contribution in [0.25, 0.3) is 5.69 Å². The molecule has 0 spiro atoms. The lowest BCUT2D eigenvalue weighted by Crippen LogP contribution is -2.31. The van der Waals surface area contributed by atoms with E-state index in [-0.39, 0.29) is 5.95 Å². The van der Waals surface area contributed by atoms with Gasteiger partial charge in [-0.3, -0.25) is 4.57 Å². The smallest absolute Gasteiger partial charge is 0.232 e. The van der Waals surface area contributed by atoms with Crippen molar-refractivity contribution in [3.05, 3.63) is 66.5 Å². The predicted octanol–water partition coefficient (Wildman–Crippen LogP) is 4.06. The molecule has 0 aliphatic carbocycles. The quantitative estimate of drug-likeness (QED) is 0.395. The highest BCUT2D eigenvalue weighted by atomic mass is 32.2. The van der Waals surface area contributed by atoms with Crippen LogP contribution in [0.2, 0.25) is 0 Å². The molecule has 0 bridgehead atoms. The summed E-state index contributed by atoms with van der Waals surface area (Å²) >= 11 is 1.53. The monoisotopic (exact) mass is 459 g/mol. The average molecular weight is 460 g/mol. The number of nitrogens with one attached hydrogen (secondary N) is 1. The van der Waals surface area contributed by atoms with Gasteiger partial charge in [0.05, 0.1) is 11.4 Å². The highest BCUT2D eigenvalue weighted by Crippen LogP contribution is 2.29. The average Bonchev–Trinajstić information content (AvgIpc) is 3.28. The zero-order valence-corrected chi connectivity index (χ0v) is 18.9. The zero-order chi connectivity index (χ0) is 22.5. The second kappa shape index (κ2) is 9.86. The second-order valence-corrected chi connectivity index (χ2v) is 8.66. The van der Waals surface area contributed by atoms with Crippen LogP contribution in [0.3, 0.4) is 0 Å². The van der Waals surface area contributed by atoms with Crippen LogP contribution in [0, 0.1) is 0 Å². The van der Waals surface area contributed by atoms with Crippen LogP contribution in [-0.2, 0) is 5.75 Å². The largest absolute Gasteiger partial charge is 0.368 e. The fraction of sp³-hybridized carbons (Fsp3) is 0.261. The molecule has 1 saturated heterocycles. The van der Waals surface area contributed by atoms with Crippen molar-refractivity contribution in [3.8, 4) is 5.69 Å². The Hall–Kier alpha value is -3.66. The Labute approximate surface area is 196 Å². The summed E-state index contributed by atoms with van der Waals surface area (Å²) in [5.41, 5.74) is 7.87. The molecule has 9 nitrogen and oxygen atoms in total. The van der Waals surface area contributed by atoms with E-state index in [0.717, 1.165) is 35.6 Å². The first-order chi connectivity index (χ1) is 16.3. The van der Waals surface area contributed by atoms with E-state index in [0.29, 0.717) is 17.5 Å². The number of para-hydroxylation sites is 2. The Morgan fingerprint density at radius 1 is 0.848 bits per heavy atom. The molecule has 168 valence electrons. The standard InChI is InChI=1S/C23H25N9S/c24-20-26-19(27-21(28-20)25-17-10-4-1-5-11-17)16-33-23-30-29-22(31-14-8-3-9-15-31)32(23)18-12-6-2-7-13-18/h1-2,4-7,10-13H,3,8-9,14-16H2,(H3,24,25,26,27,28). The molecule has 10 heteroatoms. The number of nitrogen functional groups attached to an aromatic ring is 1. The van der Waals surface area contributed by atoms with Gasteiger partial charge in [-0.25, -0.2) is 0 Å². The number of aromatic nitrogens is 6. The lowest BCUT2D eigenvalue weighted by molar-refractivity contribution is 0.564. The van der Waals surface area contributed by atoms with E-state index in [1.807, 2.05) is 48.5 Å². The van der Waals surface area contributed by atoms with E-state index in [1.165, 1.54) is 31.0 Å². The summed E-state index contributed by atoms with van der Waals surface area (Å²) < 4.78 is 2.11. The van der Waals surface area contributed by atoms with Crippen LogP contribution in [0.15, 0.2) is 65.8 Å². The normalized spacial score (nSPS) is 13.8. The molecule has 3 N–H and O–H groups in total. The Bertz CT molecular complexity index is 1190. The molecule has 0 saturated carbocycles. The molecule has 0 radical (unpaired) electrons. The molecule has 1 fully saturated rings. The van der Waals surface area contributed by atoms with Crippen molar-refractivity contribution < 1.29 is 0 Å². The summed E-state index contributed by atoms with van der Waals surface area (Å²) in [6, 6.07) is 19.9. The first-order valence-corrected chi connectivity index (χ1v) is 12.0. The fourth-order valence-electron chi connectivity index (χ4n) is 3.80. The third-order valence-electron chi connectivity index (χ3n) is 5.33. The third kappa shape index (κ3) is 5.06. The van der Waals surface area contributed by atoms with Gasteiger partial charge < -0.3 is 16.0 Å². The number of anilines is 4. The van der Waals surface area contributed by atoms with Gasteiger partial charge in [-0.05, 0) is 43.5 Å². The Kier molecular flexibility index (Phi) is 6.34. The van der Waals surface area contributed by atoms with Crippen LogP contribution in [-0.4, -0.2) is 42.8 Å². The minimum atomic E-state index is 0.178. The molecule has 2 aromatic carbocycles. The van der Waals surface area contributed by atoms with E-state index < -0.39 is 0 Å². The van der Waals surface area contributed by atoms with Crippen molar-refractivity contribution in [1.82, 2.24) is 29.7 Å². The van der Waals surface area contributed by atoms with Gasteiger partial charge in [-0.1, -0.05) is 48.2 Å². The van der Waals surface area contributed by atoms with Crippen LogP contribution >= 0.6 is 11.8 Å². The molecule has 3 heterocycles. The van der Waals surface area contributed by atoms with Crippen LogP contribution < -0.4 is 16.0 Å². The fourth-order valence-corrected chi connectivity index (χ4v) is 4.60. The summed E-state index contributed by atoms with van der Waals surface area (Å²) in [5.74, 6) is 2.54. The molecule has 0 amide bonds. The van der Waals surface area contributed by atoms with Gasteiger partial charge in [-0.2, -0.15) is 15.0 Å². The first kappa shape index (κ1) is 21.2. The Morgan fingerprint density at radius 3 is 2.33 bits per heavy atom. The highest BCUT2D eigenvalue weighted by molar-refractivity contribution is 7.98. The molecule has 4 aromatic rings. The molecular formula is C23H25N9S. The van der Waals surface area contributed by atoms with Crippen molar-refractivity contribution in [3.63, 3.8) is 0 Å². The van der Waals surface area contributed by atoms with E-state index in [2.05, 4.69) is 52.1 Å². The molecule has 0 unspecified atom stereocenters. The third-order valence-corrected chi connectivity index (χ3v) is 6.25. The highest BCUT2D eigenvalue weighted by Gasteiger charge is 2.22. The maximum atomic E-state index is 5.95. The lowest BCUT2D eigenvalue weighted by Gasteiger charge is -2.27. The first-order valence-electron chi connectivity index (χ1n) is 11.0. The number of piperidine rings is 1. The number of hydrogen-bond donors (Lipinski definition) is 2. The topological polar surface area (TPSA) is 111 Å². The number of nitrogens with two attached hydrogens (primary N) is 1. The van der Waals surface area contributed by atoms with Gasteiger partial charge in [0.1, 0.15) is 5.82 Å². The minimum absolute atomic E-state index is 0.178. The summed E-state index contributed by atoms with van der Waals surface area (Å²) in [7, 11) is 0.